The van der Waals surface area contributed by atoms with E-state index in [2.05, 4.69) is 14.8 Å². The molecule has 0 aromatic carbocycles. The van der Waals surface area contributed by atoms with Crippen LogP contribution in [0.25, 0.3) is 0 Å². The highest BCUT2D eigenvalue weighted by atomic mass is 16.3. The Hall–Kier alpha value is -1.62. The van der Waals surface area contributed by atoms with E-state index in [4.69, 9.17) is 0 Å². The molecule has 1 unspecified atom stereocenters. The first-order chi connectivity index (χ1) is 9.22. The molecule has 1 aliphatic carbocycles. The number of nitrogens with zero attached hydrogens (tertiary/aromatic N) is 4. The highest BCUT2D eigenvalue weighted by Crippen LogP contribution is 2.29. The smallest absolute Gasteiger partial charge is 0.103 e. The second-order valence-corrected chi connectivity index (χ2v) is 5.41. The maximum Gasteiger partial charge on any atom is 0.103 e. The second kappa shape index (κ2) is 5.17. The molecule has 5 nitrogen and oxygen atoms in total. The van der Waals surface area contributed by atoms with Crippen molar-refractivity contribution in [1.82, 2.24) is 19.3 Å². The number of aliphatic hydroxyl groups is 1. The van der Waals surface area contributed by atoms with Crippen LogP contribution in [0.4, 0.5) is 0 Å². The number of aliphatic hydroxyl groups excluding tert-OH is 1. The summed E-state index contributed by atoms with van der Waals surface area (Å²) in [7, 11) is 1.90. The van der Waals surface area contributed by atoms with E-state index in [-0.39, 0.29) is 0 Å². The molecular weight excluding hydrogens is 240 g/mol. The summed E-state index contributed by atoms with van der Waals surface area (Å²) < 4.78 is 3.91. The molecule has 0 amide bonds. The van der Waals surface area contributed by atoms with Crippen LogP contribution < -0.4 is 0 Å². The Morgan fingerprint density at radius 2 is 2.21 bits per heavy atom. The minimum Gasteiger partial charge on any atom is -0.386 e. The normalized spacial score (nSPS) is 18.0. The van der Waals surface area contributed by atoms with Crippen molar-refractivity contribution in [3.05, 3.63) is 36.2 Å². The lowest BCUT2D eigenvalue weighted by Gasteiger charge is -2.09. The predicted octanol–water partition coefficient (Wildman–Crippen LogP) is 2.01. The maximum absolute atomic E-state index is 10.1. The molecule has 1 aliphatic rings. The van der Waals surface area contributed by atoms with Crippen molar-refractivity contribution in [2.45, 2.75) is 44.2 Å². The van der Waals surface area contributed by atoms with Gasteiger partial charge in [-0.25, -0.2) is 4.98 Å². The SMILES string of the molecule is Cn1cnc(C(O)Cc2ccn(C3CCCC3)n2)c1. The summed E-state index contributed by atoms with van der Waals surface area (Å²) in [5.74, 6) is 0. The summed E-state index contributed by atoms with van der Waals surface area (Å²) in [6, 6.07) is 2.56. The number of hydrogen-bond acceptors (Lipinski definition) is 3. The molecule has 102 valence electrons. The Morgan fingerprint density at radius 1 is 1.42 bits per heavy atom. The number of rotatable bonds is 4. The third-order valence-corrected chi connectivity index (χ3v) is 3.83. The lowest BCUT2D eigenvalue weighted by atomic mass is 10.1. The van der Waals surface area contributed by atoms with Gasteiger partial charge in [-0.05, 0) is 18.9 Å². The van der Waals surface area contributed by atoms with Gasteiger partial charge in [0.1, 0.15) is 6.10 Å². The minimum atomic E-state index is -0.576. The molecule has 5 heteroatoms. The molecule has 0 saturated heterocycles. The molecule has 0 bridgehead atoms. The van der Waals surface area contributed by atoms with E-state index >= 15 is 0 Å². The zero-order chi connectivity index (χ0) is 13.2. The van der Waals surface area contributed by atoms with Crippen LogP contribution in [0.1, 0.15) is 49.2 Å². The van der Waals surface area contributed by atoms with Gasteiger partial charge in [0, 0.05) is 25.9 Å². The van der Waals surface area contributed by atoms with Gasteiger partial charge in [-0.3, -0.25) is 4.68 Å². The van der Waals surface area contributed by atoms with Crippen LogP contribution in [0, 0.1) is 0 Å². The van der Waals surface area contributed by atoms with Gasteiger partial charge in [-0.1, -0.05) is 12.8 Å². The number of hydrogen-bond donors (Lipinski definition) is 1. The standard InChI is InChI=1S/C14H20N4O/c1-17-9-13(15-10-17)14(19)8-11-6-7-18(16-11)12-4-2-3-5-12/h6-7,9-10,12,14,19H,2-5,8H2,1H3. The molecule has 3 rings (SSSR count). The average Bonchev–Trinajstić information content (AvgIpc) is 3.07. The van der Waals surface area contributed by atoms with Crippen LogP contribution in [0.2, 0.25) is 0 Å². The molecule has 0 aliphatic heterocycles. The van der Waals surface area contributed by atoms with Gasteiger partial charge >= 0.3 is 0 Å². The largest absolute Gasteiger partial charge is 0.386 e. The fourth-order valence-corrected chi connectivity index (χ4v) is 2.77. The first kappa shape index (κ1) is 12.4. The summed E-state index contributed by atoms with van der Waals surface area (Å²) in [5, 5.41) is 14.7. The van der Waals surface area contributed by atoms with Gasteiger partial charge in [-0.15, -0.1) is 0 Å². The Labute approximate surface area is 112 Å². The molecule has 0 radical (unpaired) electrons. The number of aromatic nitrogens is 4. The van der Waals surface area contributed by atoms with Gasteiger partial charge < -0.3 is 9.67 Å². The third kappa shape index (κ3) is 2.71. The monoisotopic (exact) mass is 260 g/mol. The van der Waals surface area contributed by atoms with Crippen LogP contribution in [-0.4, -0.2) is 24.4 Å². The lowest BCUT2D eigenvalue weighted by Crippen LogP contribution is -2.07. The zero-order valence-corrected chi connectivity index (χ0v) is 11.2. The average molecular weight is 260 g/mol. The number of aryl methyl sites for hydroxylation is 1. The summed E-state index contributed by atoms with van der Waals surface area (Å²) in [5.41, 5.74) is 1.64. The predicted molar refractivity (Wildman–Crippen MR) is 71.6 cm³/mol. The van der Waals surface area contributed by atoms with Crippen LogP contribution in [0.3, 0.4) is 0 Å². The van der Waals surface area contributed by atoms with Gasteiger partial charge in [0.05, 0.1) is 23.8 Å². The van der Waals surface area contributed by atoms with E-state index in [0.717, 1.165) is 5.69 Å². The summed E-state index contributed by atoms with van der Waals surface area (Å²) in [6.45, 7) is 0. The third-order valence-electron chi connectivity index (χ3n) is 3.83. The molecular formula is C14H20N4O. The maximum atomic E-state index is 10.1. The Kier molecular flexibility index (Phi) is 3.38. The molecule has 2 heterocycles. The zero-order valence-electron chi connectivity index (χ0n) is 11.2. The molecule has 19 heavy (non-hydrogen) atoms. The molecule has 1 N–H and O–H groups in total. The Balaban J connectivity index is 1.66. The molecule has 2 aromatic heterocycles. The second-order valence-electron chi connectivity index (χ2n) is 5.41. The molecule has 1 atom stereocenters. The van der Waals surface area contributed by atoms with Crippen LogP contribution >= 0.6 is 0 Å². The number of imidazole rings is 1. The van der Waals surface area contributed by atoms with Crippen molar-refractivity contribution in [2.24, 2.45) is 7.05 Å². The van der Waals surface area contributed by atoms with E-state index in [1.54, 1.807) is 6.33 Å². The van der Waals surface area contributed by atoms with Gasteiger partial charge in [0.15, 0.2) is 0 Å². The van der Waals surface area contributed by atoms with Crippen LogP contribution in [0.15, 0.2) is 24.8 Å². The van der Waals surface area contributed by atoms with Crippen molar-refractivity contribution in [3.8, 4) is 0 Å². The highest BCUT2D eigenvalue weighted by molar-refractivity contribution is 5.08. The molecule has 1 saturated carbocycles. The van der Waals surface area contributed by atoms with E-state index in [1.807, 2.05) is 30.1 Å². The van der Waals surface area contributed by atoms with Gasteiger partial charge in [-0.2, -0.15) is 5.10 Å². The summed E-state index contributed by atoms with van der Waals surface area (Å²) >= 11 is 0. The van der Waals surface area contributed by atoms with Gasteiger partial charge in [0.2, 0.25) is 0 Å². The van der Waals surface area contributed by atoms with Crippen molar-refractivity contribution in [2.75, 3.05) is 0 Å². The van der Waals surface area contributed by atoms with Crippen LogP contribution in [-0.2, 0) is 13.5 Å². The summed E-state index contributed by atoms with van der Waals surface area (Å²) in [4.78, 5) is 4.17. The first-order valence-electron chi connectivity index (χ1n) is 6.92. The lowest BCUT2D eigenvalue weighted by molar-refractivity contribution is 0.172. The fraction of sp³-hybridized carbons (Fsp3) is 0.571. The van der Waals surface area contributed by atoms with Crippen molar-refractivity contribution < 1.29 is 5.11 Å². The van der Waals surface area contributed by atoms with Crippen LogP contribution in [0.5, 0.6) is 0 Å². The fourth-order valence-electron chi connectivity index (χ4n) is 2.77. The van der Waals surface area contributed by atoms with Crippen molar-refractivity contribution in [1.29, 1.82) is 0 Å². The molecule has 1 fully saturated rings. The Bertz CT molecular complexity index is 539. The first-order valence-corrected chi connectivity index (χ1v) is 6.92. The minimum absolute atomic E-state index is 0.525. The molecule has 0 spiro atoms. The van der Waals surface area contributed by atoms with E-state index < -0.39 is 6.10 Å². The van der Waals surface area contributed by atoms with E-state index in [1.165, 1.54) is 25.7 Å². The Morgan fingerprint density at radius 3 is 2.89 bits per heavy atom. The topological polar surface area (TPSA) is 55.9 Å². The highest BCUT2D eigenvalue weighted by Gasteiger charge is 2.19. The van der Waals surface area contributed by atoms with Crippen molar-refractivity contribution in [3.63, 3.8) is 0 Å². The quantitative estimate of drug-likeness (QED) is 0.915. The van der Waals surface area contributed by atoms with E-state index in [9.17, 15) is 5.11 Å². The summed E-state index contributed by atoms with van der Waals surface area (Å²) in [6.07, 6.45) is 10.6. The van der Waals surface area contributed by atoms with Gasteiger partial charge in [0.25, 0.3) is 0 Å². The van der Waals surface area contributed by atoms with Crippen molar-refractivity contribution >= 4 is 0 Å². The van der Waals surface area contributed by atoms with E-state index in [0.29, 0.717) is 18.2 Å². The molecule has 2 aromatic rings.